The molecule has 0 aliphatic heterocycles. The summed E-state index contributed by atoms with van der Waals surface area (Å²) < 4.78 is 1.52. The molecule has 0 fully saturated rings. The maximum atomic E-state index is 11.0. The average Bonchev–Trinajstić information content (AvgIpc) is 2.67. The molecule has 0 aliphatic rings. The normalized spacial score (nSPS) is 10.4. The third-order valence-electron chi connectivity index (χ3n) is 2.94. The fraction of sp³-hybridized carbons (Fsp3) is 0.167. The summed E-state index contributed by atoms with van der Waals surface area (Å²) in [5.74, 6) is -0.795. The van der Waals surface area contributed by atoms with Crippen LogP contribution >= 0.6 is 11.6 Å². The van der Waals surface area contributed by atoms with Crippen molar-refractivity contribution in [3.8, 4) is 0 Å². The zero-order chi connectivity index (χ0) is 15.7. The van der Waals surface area contributed by atoms with E-state index in [1.165, 1.54) is 22.8 Å². The van der Waals surface area contributed by atoms with Gasteiger partial charge in [-0.15, -0.1) is 0 Å². The Morgan fingerprint density at radius 3 is 2.71 bits per heavy atom. The third-order valence-corrected chi connectivity index (χ3v) is 3.25. The van der Waals surface area contributed by atoms with E-state index in [-0.39, 0.29) is 22.2 Å². The van der Waals surface area contributed by atoms with Gasteiger partial charge in [0, 0.05) is 19.7 Å². The minimum Gasteiger partial charge on any atom is -0.478 e. The molecule has 21 heavy (non-hydrogen) atoms. The smallest absolute Gasteiger partial charge is 0.407 e. The topological polar surface area (TPSA) is 110 Å². The number of nitrogens with one attached hydrogen (secondary N) is 1. The lowest BCUT2D eigenvalue weighted by atomic mass is 10.2. The van der Waals surface area contributed by atoms with Crippen molar-refractivity contribution in [1.29, 1.82) is 0 Å². The Morgan fingerprint density at radius 2 is 2.19 bits per heavy atom. The minimum absolute atomic E-state index is 0.0362. The van der Waals surface area contributed by atoms with Crippen LogP contribution < -0.4 is 5.32 Å². The number of nitrogens with zero attached hydrogens (tertiary/aromatic N) is 3. The van der Waals surface area contributed by atoms with Gasteiger partial charge in [-0.2, -0.15) is 0 Å². The molecule has 1 aromatic heterocycles. The molecule has 8 nitrogen and oxygen atoms in total. The zero-order valence-electron chi connectivity index (χ0n) is 11.1. The van der Waals surface area contributed by atoms with Crippen LogP contribution in [-0.4, -0.2) is 25.6 Å². The van der Waals surface area contributed by atoms with Crippen LogP contribution in [0.25, 0.3) is 0 Å². The Hall–Kier alpha value is -2.61. The number of carboxylic acids is 1. The second-order valence-corrected chi connectivity index (χ2v) is 4.68. The second-order valence-electron chi connectivity index (χ2n) is 4.27. The fourth-order valence-corrected chi connectivity index (χ4v) is 2.02. The summed E-state index contributed by atoms with van der Waals surface area (Å²) in [6.07, 6.45) is 0. The van der Waals surface area contributed by atoms with Crippen LogP contribution in [0.15, 0.2) is 18.2 Å². The van der Waals surface area contributed by atoms with E-state index in [0.717, 1.165) is 0 Å². The Morgan fingerprint density at radius 1 is 1.52 bits per heavy atom. The van der Waals surface area contributed by atoms with E-state index in [2.05, 4.69) is 10.3 Å². The van der Waals surface area contributed by atoms with Crippen molar-refractivity contribution >= 4 is 34.9 Å². The number of anilines is 2. The molecule has 2 N–H and O–H groups in total. The molecular formula is C12H11ClN4O4. The molecule has 0 saturated heterocycles. The van der Waals surface area contributed by atoms with E-state index in [4.69, 9.17) is 16.7 Å². The van der Waals surface area contributed by atoms with Gasteiger partial charge < -0.3 is 20.5 Å². The average molecular weight is 311 g/mol. The molecule has 110 valence electrons. The second kappa shape index (κ2) is 5.41. The fourth-order valence-electron chi connectivity index (χ4n) is 1.76. The van der Waals surface area contributed by atoms with Gasteiger partial charge in [0.05, 0.1) is 10.6 Å². The molecule has 1 heterocycles. The number of aromatic carboxylic acids is 1. The number of nitro groups is 1. The number of imidazole rings is 1. The van der Waals surface area contributed by atoms with Crippen molar-refractivity contribution in [2.75, 3.05) is 5.32 Å². The number of aromatic nitrogens is 2. The molecule has 0 unspecified atom stereocenters. The highest BCUT2D eigenvalue weighted by molar-refractivity contribution is 6.33. The van der Waals surface area contributed by atoms with Crippen molar-refractivity contribution in [3.63, 3.8) is 0 Å². The number of rotatable bonds is 4. The highest BCUT2D eigenvalue weighted by Gasteiger charge is 2.23. The van der Waals surface area contributed by atoms with Crippen molar-refractivity contribution < 1.29 is 14.8 Å². The number of hydrogen-bond acceptors (Lipinski definition) is 5. The molecule has 2 rings (SSSR count). The van der Waals surface area contributed by atoms with E-state index in [1.54, 1.807) is 14.0 Å². The van der Waals surface area contributed by atoms with E-state index >= 15 is 0 Å². The van der Waals surface area contributed by atoms with Gasteiger partial charge in [-0.3, -0.25) is 4.57 Å². The highest BCUT2D eigenvalue weighted by atomic mass is 35.5. The summed E-state index contributed by atoms with van der Waals surface area (Å²) in [4.78, 5) is 25.1. The van der Waals surface area contributed by atoms with Gasteiger partial charge in [-0.05, 0) is 28.1 Å². The van der Waals surface area contributed by atoms with E-state index in [9.17, 15) is 14.9 Å². The number of aryl methyl sites for hydroxylation is 1. The van der Waals surface area contributed by atoms with E-state index in [0.29, 0.717) is 11.5 Å². The molecule has 9 heteroatoms. The van der Waals surface area contributed by atoms with Gasteiger partial charge in [0.25, 0.3) is 0 Å². The largest absolute Gasteiger partial charge is 0.478 e. The number of hydrogen-bond donors (Lipinski definition) is 2. The van der Waals surface area contributed by atoms with Gasteiger partial charge in [0.1, 0.15) is 0 Å². The van der Waals surface area contributed by atoms with Gasteiger partial charge in [-0.25, -0.2) is 4.79 Å². The number of carboxylic acid groups (broad SMARTS) is 1. The predicted octanol–water partition coefficient (Wildman–Crippen LogP) is 2.73. The molecule has 1 aromatic carbocycles. The number of halogens is 1. The first-order valence-electron chi connectivity index (χ1n) is 5.79. The first-order chi connectivity index (χ1) is 9.81. The monoisotopic (exact) mass is 310 g/mol. The van der Waals surface area contributed by atoms with E-state index in [1.807, 2.05) is 0 Å². The Kier molecular flexibility index (Phi) is 3.81. The highest BCUT2D eigenvalue weighted by Crippen LogP contribution is 2.29. The first-order valence-corrected chi connectivity index (χ1v) is 6.16. The van der Waals surface area contributed by atoms with Crippen LogP contribution in [0.1, 0.15) is 16.2 Å². The molecule has 2 aromatic rings. The maximum absolute atomic E-state index is 11.0. The molecule has 0 amide bonds. The summed E-state index contributed by atoms with van der Waals surface area (Å²) in [5.41, 5.74) is 0.383. The quantitative estimate of drug-likeness (QED) is 0.663. The maximum Gasteiger partial charge on any atom is 0.407 e. The summed E-state index contributed by atoms with van der Waals surface area (Å²) in [6.45, 7) is 1.64. The van der Waals surface area contributed by atoms with E-state index < -0.39 is 10.9 Å². The molecule has 0 radical (unpaired) electrons. The molecule has 0 saturated carbocycles. The van der Waals surface area contributed by atoms with Crippen LogP contribution in [0, 0.1) is 17.0 Å². The predicted molar refractivity (Wildman–Crippen MR) is 76.3 cm³/mol. The van der Waals surface area contributed by atoms with Gasteiger partial charge >= 0.3 is 11.8 Å². The third kappa shape index (κ3) is 2.79. The molecular weight excluding hydrogens is 300 g/mol. The first kappa shape index (κ1) is 14.8. The van der Waals surface area contributed by atoms with Crippen LogP contribution in [-0.2, 0) is 7.05 Å². The van der Waals surface area contributed by atoms with Crippen molar-refractivity contribution in [2.24, 2.45) is 7.05 Å². The van der Waals surface area contributed by atoms with Crippen LogP contribution in [0.3, 0.4) is 0 Å². The standard InChI is InChI=1S/C12H11ClN4O4/c1-6-14-11(17(20)21)10(16(6)2)15-7-3-4-8(12(18)19)9(13)5-7/h3-5,15H,1-2H3,(H,18,19). The lowest BCUT2D eigenvalue weighted by molar-refractivity contribution is -0.388. The Balaban J connectivity index is 2.41. The van der Waals surface area contributed by atoms with Crippen LogP contribution in [0.2, 0.25) is 5.02 Å². The molecule has 0 atom stereocenters. The molecule has 0 aliphatic carbocycles. The van der Waals surface area contributed by atoms with Crippen molar-refractivity contribution in [1.82, 2.24) is 9.55 Å². The lowest BCUT2D eigenvalue weighted by Gasteiger charge is -2.08. The Labute approximate surface area is 124 Å². The number of benzene rings is 1. The Bertz CT molecular complexity index is 741. The summed E-state index contributed by atoms with van der Waals surface area (Å²) in [6, 6.07) is 4.18. The SMILES string of the molecule is Cc1nc([N+](=O)[O-])c(Nc2ccc(C(=O)O)c(Cl)c2)n1C. The van der Waals surface area contributed by atoms with Gasteiger partial charge in [-0.1, -0.05) is 11.6 Å². The zero-order valence-corrected chi connectivity index (χ0v) is 11.9. The van der Waals surface area contributed by atoms with Crippen LogP contribution in [0.5, 0.6) is 0 Å². The summed E-state index contributed by atoms with van der Waals surface area (Å²) in [7, 11) is 1.63. The minimum atomic E-state index is -1.14. The number of carbonyl (C=O) groups is 1. The summed E-state index contributed by atoms with van der Waals surface area (Å²) in [5, 5.41) is 22.7. The van der Waals surface area contributed by atoms with Crippen molar-refractivity contribution in [3.05, 3.63) is 44.7 Å². The molecule has 0 bridgehead atoms. The lowest BCUT2D eigenvalue weighted by Crippen LogP contribution is -2.03. The summed E-state index contributed by atoms with van der Waals surface area (Å²) >= 11 is 5.86. The van der Waals surface area contributed by atoms with Crippen molar-refractivity contribution in [2.45, 2.75) is 6.92 Å². The molecule has 0 spiro atoms. The van der Waals surface area contributed by atoms with Gasteiger partial charge in [0.2, 0.25) is 11.6 Å². The van der Waals surface area contributed by atoms with Crippen LogP contribution in [0.4, 0.5) is 17.3 Å². The van der Waals surface area contributed by atoms with Gasteiger partial charge in [0.15, 0.2) is 0 Å².